The van der Waals surface area contributed by atoms with Gasteiger partial charge >= 0.3 is 5.97 Å². The molecule has 1 fully saturated rings. The molecule has 1 heterocycles. The van der Waals surface area contributed by atoms with Gasteiger partial charge in [0.25, 0.3) is 5.91 Å². The fourth-order valence-corrected chi connectivity index (χ4v) is 5.11. The summed E-state index contributed by atoms with van der Waals surface area (Å²) in [5, 5.41) is 2.58. The maximum absolute atomic E-state index is 12.9. The Balaban J connectivity index is 1.47. The number of sulfonamides is 1. The van der Waals surface area contributed by atoms with Gasteiger partial charge in [-0.3, -0.25) is 9.59 Å². The molecule has 0 radical (unpaired) electrons. The number of aryl methyl sites for hydroxylation is 1. The molecule has 1 aliphatic heterocycles. The first-order valence-corrected chi connectivity index (χ1v) is 12.5. The molecule has 0 atom stereocenters. The van der Waals surface area contributed by atoms with Gasteiger partial charge in [0, 0.05) is 18.8 Å². The lowest BCUT2D eigenvalue weighted by atomic mass is 10.2. The van der Waals surface area contributed by atoms with Gasteiger partial charge in [0.05, 0.1) is 17.9 Å². The Hall–Kier alpha value is -2.91. The van der Waals surface area contributed by atoms with Crippen molar-refractivity contribution in [3.05, 3.63) is 54.1 Å². The highest BCUT2D eigenvalue weighted by Gasteiger charge is 2.25. The van der Waals surface area contributed by atoms with Crippen molar-refractivity contribution in [1.29, 1.82) is 0 Å². The Kier molecular flexibility index (Phi) is 8.85. The zero-order valence-electron chi connectivity index (χ0n) is 18.8. The van der Waals surface area contributed by atoms with Crippen LogP contribution < -0.4 is 10.1 Å². The van der Waals surface area contributed by atoms with Crippen LogP contribution in [0.3, 0.4) is 0 Å². The summed E-state index contributed by atoms with van der Waals surface area (Å²) in [6.07, 6.45) is 3.75. The third-order valence-electron chi connectivity index (χ3n) is 5.34. The minimum absolute atomic E-state index is 0.00514. The Labute approximate surface area is 194 Å². The average molecular weight is 475 g/mol. The van der Waals surface area contributed by atoms with E-state index in [1.54, 1.807) is 12.1 Å². The monoisotopic (exact) mass is 474 g/mol. The Morgan fingerprint density at radius 2 is 1.73 bits per heavy atom. The molecular weight excluding hydrogens is 444 g/mol. The first-order valence-electron chi connectivity index (χ1n) is 11.1. The van der Waals surface area contributed by atoms with Crippen molar-refractivity contribution < 1.29 is 27.5 Å². The van der Waals surface area contributed by atoms with Crippen LogP contribution in [0.2, 0.25) is 0 Å². The van der Waals surface area contributed by atoms with Crippen LogP contribution in [-0.2, 0) is 24.3 Å². The highest BCUT2D eigenvalue weighted by molar-refractivity contribution is 7.89. The minimum atomic E-state index is -3.62. The van der Waals surface area contributed by atoms with E-state index in [1.165, 1.54) is 16.4 Å². The van der Waals surface area contributed by atoms with Gasteiger partial charge in [0.15, 0.2) is 6.61 Å². The summed E-state index contributed by atoms with van der Waals surface area (Å²) in [6.45, 7) is 2.59. The second-order valence-corrected chi connectivity index (χ2v) is 9.86. The number of carbonyl (C=O) groups is 2. The number of esters is 1. The molecule has 1 aliphatic rings. The van der Waals surface area contributed by atoms with Crippen LogP contribution in [-0.4, -0.2) is 50.9 Å². The fourth-order valence-electron chi connectivity index (χ4n) is 3.54. The van der Waals surface area contributed by atoms with Gasteiger partial charge in [-0.2, -0.15) is 4.31 Å². The molecule has 8 nitrogen and oxygen atoms in total. The van der Waals surface area contributed by atoms with E-state index in [4.69, 9.17) is 9.47 Å². The Morgan fingerprint density at radius 1 is 1.00 bits per heavy atom. The van der Waals surface area contributed by atoms with Crippen molar-refractivity contribution in [3.63, 3.8) is 0 Å². The van der Waals surface area contributed by atoms with Gasteiger partial charge in [-0.05, 0) is 49.6 Å². The van der Waals surface area contributed by atoms with Crippen molar-refractivity contribution in [2.24, 2.45) is 0 Å². The van der Waals surface area contributed by atoms with Crippen molar-refractivity contribution in [3.8, 4) is 5.75 Å². The molecular formula is C24H30N2O6S. The Morgan fingerprint density at radius 3 is 2.45 bits per heavy atom. The van der Waals surface area contributed by atoms with Gasteiger partial charge in [0.2, 0.25) is 10.0 Å². The number of benzene rings is 2. The molecule has 1 amide bonds. The predicted molar refractivity (Wildman–Crippen MR) is 125 cm³/mol. The zero-order valence-corrected chi connectivity index (χ0v) is 19.6. The third-order valence-corrected chi connectivity index (χ3v) is 7.24. The molecule has 3 rings (SSSR count). The molecule has 2 aromatic carbocycles. The van der Waals surface area contributed by atoms with E-state index in [1.807, 2.05) is 31.2 Å². The quantitative estimate of drug-likeness (QED) is 0.558. The highest BCUT2D eigenvalue weighted by Crippen LogP contribution is 2.22. The minimum Gasteiger partial charge on any atom is -0.493 e. The summed E-state index contributed by atoms with van der Waals surface area (Å²) in [6, 6.07) is 13.6. The molecule has 1 N–H and O–H groups in total. The lowest BCUT2D eigenvalue weighted by Gasteiger charge is -2.20. The molecule has 0 aromatic heterocycles. The van der Waals surface area contributed by atoms with Crippen molar-refractivity contribution >= 4 is 27.6 Å². The first-order chi connectivity index (χ1) is 15.9. The maximum Gasteiger partial charge on any atom is 0.309 e. The van der Waals surface area contributed by atoms with E-state index in [0.29, 0.717) is 24.5 Å². The second kappa shape index (κ2) is 11.8. The van der Waals surface area contributed by atoms with Crippen LogP contribution in [0.15, 0.2) is 53.4 Å². The van der Waals surface area contributed by atoms with Crippen molar-refractivity contribution in [1.82, 2.24) is 4.31 Å². The number of hydrogen-bond acceptors (Lipinski definition) is 6. The molecule has 0 aliphatic carbocycles. The normalized spacial score (nSPS) is 14.8. The van der Waals surface area contributed by atoms with Crippen LogP contribution in [0.1, 0.15) is 37.7 Å². The fraction of sp³-hybridized carbons (Fsp3) is 0.417. The largest absolute Gasteiger partial charge is 0.493 e. The third kappa shape index (κ3) is 7.30. The Bertz CT molecular complexity index is 1060. The second-order valence-electron chi connectivity index (χ2n) is 7.92. The molecule has 1 saturated heterocycles. The summed E-state index contributed by atoms with van der Waals surface area (Å²) < 4.78 is 37.9. The van der Waals surface area contributed by atoms with E-state index in [0.717, 1.165) is 31.2 Å². The first kappa shape index (κ1) is 24.7. The smallest absolute Gasteiger partial charge is 0.309 e. The number of para-hydroxylation sites is 1. The van der Waals surface area contributed by atoms with Crippen LogP contribution >= 0.6 is 0 Å². The molecule has 33 heavy (non-hydrogen) atoms. The van der Waals surface area contributed by atoms with Crippen molar-refractivity contribution in [2.75, 3.05) is 31.6 Å². The number of rotatable bonds is 9. The topological polar surface area (TPSA) is 102 Å². The lowest BCUT2D eigenvalue weighted by Crippen LogP contribution is -2.32. The maximum atomic E-state index is 12.9. The molecule has 0 unspecified atom stereocenters. The summed E-state index contributed by atoms with van der Waals surface area (Å²) in [5.41, 5.74) is 1.29. The highest BCUT2D eigenvalue weighted by atomic mass is 32.2. The molecule has 9 heteroatoms. The van der Waals surface area contributed by atoms with Crippen LogP contribution in [0.4, 0.5) is 5.69 Å². The number of nitrogens with zero attached hydrogens (tertiary/aromatic N) is 1. The summed E-state index contributed by atoms with van der Waals surface area (Å²) in [4.78, 5) is 24.2. The van der Waals surface area contributed by atoms with Crippen molar-refractivity contribution in [2.45, 2.75) is 43.9 Å². The van der Waals surface area contributed by atoms with E-state index in [-0.39, 0.29) is 17.9 Å². The summed E-state index contributed by atoms with van der Waals surface area (Å²) in [7, 11) is -3.62. The van der Waals surface area contributed by atoms with Gasteiger partial charge < -0.3 is 14.8 Å². The zero-order chi connectivity index (χ0) is 23.7. The molecule has 0 spiro atoms. The number of amides is 1. The number of nitrogens with one attached hydrogen (secondary N) is 1. The lowest BCUT2D eigenvalue weighted by molar-refractivity contribution is -0.147. The van der Waals surface area contributed by atoms with E-state index < -0.39 is 28.5 Å². The van der Waals surface area contributed by atoms with E-state index in [9.17, 15) is 18.0 Å². The molecule has 0 bridgehead atoms. The van der Waals surface area contributed by atoms with Gasteiger partial charge in [0.1, 0.15) is 5.75 Å². The number of ether oxygens (including phenoxy) is 2. The van der Waals surface area contributed by atoms with Gasteiger partial charge in [-0.15, -0.1) is 0 Å². The summed E-state index contributed by atoms with van der Waals surface area (Å²) >= 11 is 0. The van der Waals surface area contributed by atoms with Crippen LogP contribution in [0, 0.1) is 6.92 Å². The molecule has 2 aromatic rings. The van der Waals surface area contributed by atoms with Gasteiger partial charge in [-0.1, -0.05) is 37.1 Å². The number of hydrogen-bond donors (Lipinski definition) is 1. The average Bonchev–Trinajstić information content (AvgIpc) is 3.09. The standard InChI is InChI=1S/C24H30N2O6S/c1-19-9-4-5-12-22(19)31-16-13-24(28)32-18-23(27)25-20-10-8-11-21(17-20)33(29,30)26-14-6-2-3-7-15-26/h4-5,8-12,17H,2-3,6-7,13-16,18H2,1H3,(H,25,27). The molecule has 178 valence electrons. The SMILES string of the molecule is Cc1ccccc1OCCC(=O)OCC(=O)Nc1cccc(S(=O)(=O)N2CCCCCC2)c1. The summed E-state index contributed by atoms with van der Waals surface area (Å²) in [5.74, 6) is -0.415. The number of anilines is 1. The van der Waals surface area contributed by atoms with E-state index >= 15 is 0 Å². The number of carbonyl (C=O) groups excluding carboxylic acids is 2. The predicted octanol–water partition coefficient (Wildman–Crippen LogP) is 3.51. The van der Waals surface area contributed by atoms with Crippen LogP contribution in [0.25, 0.3) is 0 Å². The van der Waals surface area contributed by atoms with Crippen LogP contribution in [0.5, 0.6) is 5.75 Å². The molecule has 0 saturated carbocycles. The van der Waals surface area contributed by atoms with E-state index in [2.05, 4.69) is 5.32 Å². The van der Waals surface area contributed by atoms with Gasteiger partial charge in [-0.25, -0.2) is 8.42 Å².